The van der Waals surface area contributed by atoms with Crippen molar-refractivity contribution in [1.82, 2.24) is 24.1 Å². The quantitative estimate of drug-likeness (QED) is 0.413. The molecule has 4 heterocycles. The summed E-state index contributed by atoms with van der Waals surface area (Å²) in [5.74, 6) is -0.813. The minimum absolute atomic E-state index is 0.270. The average Bonchev–Trinajstić information content (AvgIpc) is 3.15. The fourth-order valence-electron chi connectivity index (χ4n) is 3.56. The summed E-state index contributed by atoms with van der Waals surface area (Å²) >= 11 is 1.36. The Morgan fingerprint density at radius 1 is 1.31 bits per heavy atom. The number of pyridine rings is 1. The molecule has 5 rings (SSSR count). The summed E-state index contributed by atoms with van der Waals surface area (Å²) in [7, 11) is 0. The van der Waals surface area contributed by atoms with Crippen molar-refractivity contribution in [3.63, 3.8) is 0 Å². The van der Waals surface area contributed by atoms with Crippen molar-refractivity contribution in [2.45, 2.75) is 32.4 Å². The highest BCUT2D eigenvalue weighted by atomic mass is 32.1. The van der Waals surface area contributed by atoms with Gasteiger partial charge in [-0.2, -0.15) is 4.39 Å². The van der Waals surface area contributed by atoms with Gasteiger partial charge in [-0.3, -0.25) is 10.1 Å². The van der Waals surface area contributed by atoms with E-state index in [1.54, 1.807) is 29.0 Å². The van der Waals surface area contributed by atoms with Crippen molar-refractivity contribution in [3.8, 4) is 0 Å². The molecule has 0 atom stereocenters. The van der Waals surface area contributed by atoms with Gasteiger partial charge in [0.1, 0.15) is 5.69 Å². The molecule has 1 fully saturated rings. The van der Waals surface area contributed by atoms with Gasteiger partial charge in [0.05, 0.1) is 17.7 Å². The summed E-state index contributed by atoms with van der Waals surface area (Å²) in [4.78, 5) is 25.3. The van der Waals surface area contributed by atoms with Crippen LogP contribution in [-0.2, 0) is 6.54 Å². The Balaban J connectivity index is 1.25. The summed E-state index contributed by atoms with van der Waals surface area (Å²) in [6.07, 6.45) is 11.4. The number of aromatic nitrogens is 5. The number of hydrogen-bond acceptors (Lipinski definition) is 5. The maximum atomic E-state index is 13.4. The zero-order valence-corrected chi connectivity index (χ0v) is 18.2. The van der Waals surface area contributed by atoms with Gasteiger partial charge in [0.25, 0.3) is 5.91 Å². The number of thiazole rings is 1. The number of nitrogens with one attached hydrogen (secondary N) is 1. The molecule has 9 heteroatoms. The maximum Gasteiger partial charge on any atom is 0.274 e. The zero-order chi connectivity index (χ0) is 22.1. The second-order valence-corrected chi connectivity index (χ2v) is 8.58. The lowest BCUT2D eigenvalue weighted by Crippen LogP contribution is -2.17. The number of carbonyl (C=O) groups is 1. The van der Waals surface area contributed by atoms with Crippen LogP contribution in [0.5, 0.6) is 0 Å². The van der Waals surface area contributed by atoms with Crippen molar-refractivity contribution < 1.29 is 9.18 Å². The summed E-state index contributed by atoms with van der Waals surface area (Å²) in [6.45, 7) is 2.45. The Hall–Kier alpha value is -3.59. The molecule has 0 radical (unpaired) electrons. The molecule has 0 spiro atoms. The molecule has 1 saturated carbocycles. The van der Waals surface area contributed by atoms with Crippen molar-refractivity contribution in [2.75, 3.05) is 5.32 Å². The molecule has 1 aliphatic rings. The van der Waals surface area contributed by atoms with E-state index in [-0.39, 0.29) is 5.91 Å². The number of anilines is 1. The molecule has 0 unspecified atom stereocenters. The van der Waals surface area contributed by atoms with Gasteiger partial charge >= 0.3 is 0 Å². The van der Waals surface area contributed by atoms with Gasteiger partial charge in [0.2, 0.25) is 5.95 Å². The molecule has 7 nitrogen and oxygen atoms in total. The Bertz CT molecular complexity index is 1300. The van der Waals surface area contributed by atoms with Crippen LogP contribution in [0.4, 0.5) is 9.52 Å². The highest BCUT2D eigenvalue weighted by Gasteiger charge is 2.25. The van der Waals surface area contributed by atoms with Crippen LogP contribution >= 0.6 is 11.3 Å². The van der Waals surface area contributed by atoms with E-state index in [1.807, 2.05) is 23.9 Å². The van der Waals surface area contributed by atoms with Crippen LogP contribution in [0.15, 0.2) is 48.4 Å². The third-order valence-electron chi connectivity index (χ3n) is 5.38. The average molecular weight is 449 g/mol. The number of rotatable bonds is 7. The van der Waals surface area contributed by atoms with E-state index in [1.165, 1.54) is 36.4 Å². The predicted octanol–water partition coefficient (Wildman–Crippen LogP) is 4.79. The first-order valence-electron chi connectivity index (χ1n) is 10.3. The molecule has 32 heavy (non-hydrogen) atoms. The Labute approximate surface area is 188 Å². The summed E-state index contributed by atoms with van der Waals surface area (Å²) in [6, 6.07) is 7.18. The van der Waals surface area contributed by atoms with Crippen molar-refractivity contribution in [1.29, 1.82) is 0 Å². The van der Waals surface area contributed by atoms with Gasteiger partial charge in [0, 0.05) is 36.1 Å². The molecule has 0 saturated heterocycles. The van der Waals surface area contributed by atoms with Crippen LogP contribution in [0.1, 0.15) is 52.0 Å². The number of imidazole rings is 1. The van der Waals surface area contributed by atoms with E-state index in [2.05, 4.69) is 31.8 Å². The van der Waals surface area contributed by atoms with Crippen LogP contribution in [0.25, 0.3) is 12.2 Å². The molecule has 0 aromatic carbocycles. The molecule has 4 aromatic rings. The summed E-state index contributed by atoms with van der Waals surface area (Å²) < 4.78 is 17.3. The van der Waals surface area contributed by atoms with Crippen molar-refractivity contribution in [2.24, 2.45) is 0 Å². The molecular weight excluding hydrogens is 427 g/mol. The van der Waals surface area contributed by atoms with E-state index in [4.69, 9.17) is 0 Å². The lowest BCUT2D eigenvalue weighted by molar-refractivity contribution is 0.101. The van der Waals surface area contributed by atoms with E-state index < -0.39 is 5.95 Å². The third-order valence-corrected chi connectivity index (χ3v) is 6.16. The van der Waals surface area contributed by atoms with Gasteiger partial charge in [-0.05, 0) is 61.7 Å². The minimum atomic E-state index is -0.543. The van der Waals surface area contributed by atoms with Crippen molar-refractivity contribution >= 4 is 34.5 Å². The van der Waals surface area contributed by atoms with Crippen LogP contribution in [0.2, 0.25) is 0 Å². The largest absolute Gasteiger partial charge is 0.339 e. The second-order valence-electron chi connectivity index (χ2n) is 7.73. The zero-order valence-electron chi connectivity index (χ0n) is 17.4. The number of amides is 1. The van der Waals surface area contributed by atoms with Gasteiger partial charge in [0.15, 0.2) is 5.13 Å². The second kappa shape index (κ2) is 8.51. The predicted molar refractivity (Wildman–Crippen MR) is 122 cm³/mol. The third kappa shape index (κ3) is 4.38. The fraction of sp³-hybridized carbons (Fsp3) is 0.217. The topological polar surface area (TPSA) is 77.6 Å². The Morgan fingerprint density at radius 2 is 2.19 bits per heavy atom. The van der Waals surface area contributed by atoms with Crippen LogP contribution in [-0.4, -0.2) is 30.0 Å². The first-order valence-corrected chi connectivity index (χ1v) is 11.2. The maximum absolute atomic E-state index is 13.4. The van der Waals surface area contributed by atoms with Gasteiger partial charge in [-0.25, -0.2) is 15.0 Å². The molecule has 162 valence electrons. The van der Waals surface area contributed by atoms with Gasteiger partial charge < -0.3 is 9.13 Å². The van der Waals surface area contributed by atoms with Crippen molar-refractivity contribution in [3.05, 3.63) is 82.7 Å². The van der Waals surface area contributed by atoms with Crippen LogP contribution in [0, 0.1) is 12.9 Å². The van der Waals surface area contributed by atoms with Gasteiger partial charge in [-0.15, -0.1) is 11.3 Å². The standard InChI is InChI=1S/C23H21FN6OS/c1-15-19(26-14-30(15)18-5-6-18)7-4-17-13-32-23(27-17)28-22(31)20-3-2-10-29(20)12-16-8-9-25-21(24)11-16/h2-4,7-11,13-14,18H,5-6,12H2,1H3,(H,27,28,31)/b7-4+. The Morgan fingerprint density at radius 3 is 3.00 bits per heavy atom. The molecule has 1 N–H and O–H groups in total. The monoisotopic (exact) mass is 448 g/mol. The number of halogens is 1. The summed E-state index contributed by atoms with van der Waals surface area (Å²) in [5.41, 5.74) is 4.04. The molecule has 0 bridgehead atoms. The molecule has 1 aliphatic carbocycles. The molecule has 4 aromatic heterocycles. The normalized spacial score (nSPS) is 13.7. The first-order chi connectivity index (χ1) is 15.6. The minimum Gasteiger partial charge on any atom is -0.339 e. The lowest BCUT2D eigenvalue weighted by atomic mass is 10.2. The SMILES string of the molecule is Cc1c(/C=C/c2csc(NC(=O)c3cccn3Cc3ccnc(F)c3)n2)ncn1C1CC1. The highest BCUT2D eigenvalue weighted by Crippen LogP contribution is 2.36. The lowest BCUT2D eigenvalue weighted by Gasteiger charge is -2.09. The van der Waals surface area contributed by atoms with E-state index in [9.17, 15) is 9.18 Å². The highest BCUT2D eigenvalue weighted by molar-refractivity contribution is 7.14. The molecule has 0 aliphatic heterocycles. The van der Waals surface area contributed by atoms with Crippen LogP contribution < -0.4 is 5.32 Å². The Kier molecular flexibility index (Phi) is 5.40. The first kappa shape index (κ1) is 20.3. The van der Waals surface area contributed by atoms with Crippen LogP contribution in [0.3, 0.4) is 0 Å². The van der Waals surface area contributed by atoms with Gasteiger partial charge in [-0.1, -0.05) is 0 Å². The van der Waals surface area contributed by atoms with E-state index in [0.717, 1.165) is 22.6 Å². The molecule has 1 amide bonds. The number of carbonyl (C=O) groups excluding carboxylic acids is 1. The fourth-order valence-corrected chi connectivity index (χ4v) is 4.24. The molecular formula is C23H21FN6OS. The summed E-state index contributed by atoms with van der Waals surface area (Å²) in [5, 5.41) is 5.25. The van der Waals surface area contributed by atoms with E-state index in [0.29, 0.717) is 23.4 Å². The van der Waals surface area contributed by atoms with E-state index >= 15 is 0 Å². The smallest absolute Gasteiger partial charge is 0.274 e. The number of nitrogens with zero attached hydrogens (tertiary/aromatic N) is 5. The number of hydrogen-bond donors (Lipinski definition) is 1.